The Bertz CT molecular complexity index is 1770. The minimum atomic E-state index is -0.736. The fourth-order valence-electron chi connectivity index (χ4n) is 5.72. The van der Waals surface area contributed by atoms with Gasteiger partial charge in [0.25, 0.3) is 5.91 Å². The van der Waals surface area contributed by atoms with Gasteiger partial charge in [0.15, 0.2) is 0 Å². The van der Waals surface area contributed by atoms with Crippen molar-refractivity contribution >= 4 is 34.4 Å². The maximum absolute atomic E-state index is 13.8. The molecular weight excluding hydrogens is 526 g/mol. The zero-order valence-electron chi connectivity index (χ0n) is 22.4. The van der Waals surface area contributed by atoms with E-state index in [-0.39, 0.29) is 11.9 Å². The van der Waals surface area contributed by atoms with Gasteiger partial charge in [0.05, 0.1) is 41.0 Å². The number of aromatic nitrogens is 4. The zero-order valence-corrected chi connectivity index (χ0v) is 23.2. The van der Waals surface area contributed by atoms with Crippen LogP contribution in [0.3, 0.4) is 0 Å². The molecule has 0 spiro atoms. The molecule has 3 aromatic carbocycles. The lowest BCUT2D eigenvalue weighted by Gasteiger charge is -2.40. The summed E-state index contributed by atoms with van der Waals surface area (Å²) in [5.41, 5.74) is 4.82. The first-order valence-electron chi connectivity index (χ1n) is 13.1. The van der Waals surface area contributed by atoms with Crippen molar-refractivity contribution < 1.29 is 14.3 Å². The third-order valence-electron chi connectivity index (χ3n) is 7.68. The molecule has 0 bridgehead atoms. The topological polar surface area (TPSA) is 91.0 Å². The van der Waals surface area contributed by atoms with E-state index < -0.39 is 5.54 Å². The highest BCUT2D eigenvalue weighted by atomic mass is 35.5. The summed E-state index contributed by atoms with van der Waals surface area (Å²) in [7, 11) is 1.41. The molecular formula is C31H28ClN5O3. The molecule has 8 nitrogen and oxygen atoms in total. The van der Waals surface area contributed by atoms with Crippen LogP contribution in [0.5, 0.6) is 0 Å². The number of esters is 1. The summed E-state index contributed by atoms with van der Waals surface area (Å²) in [6, 6.07) is 21.3. The quantitative estimate of drug-likeness (QED) is 0.288. The van der Waals surface area contributed by atoms with Crippen LogP contribution in [0, 0.1) is 13.8 Å². The van der Waals surface area contributed by atoms with E-state index in [1.807, 2.05) is 62.4 Å². The summed E-state index contributed by atoms with van der Waals surface area (Å²) in [4.78, 5) is 30.9. The second kappa shape index (κ2) is 9.95. The van der Waals surface area contributed by atoms with Gasteiger partial charge in [-0.2, -0.15) is 5.10 Å². The Kier molecular flexibility index (Phi) is 6.43. The maximum atomic E-state index is 13.8. The molecule has 1 aliphatic rings. The maximum Gasteiger partial charge on any atom is 0.340 e. The molecule has 0 radical (unpaired) electrons. The molecule has 1 amide bonds. The van der Waals surface area contributed by atoms with Gasteiger partial charge in [-0.1, -0.05) is 53.6 Å². The number of nitrogens with zero attached hydrogens (tertiary/aromatic N) is 4. The van der Waals surface area contributed by atoms with Crippen molar-refractivity contribution in [3.63, 3.8) is 0 Å². The Morgan fingerprint density at radius 3 is 2.55 bits per heavy atom. The summed E-state index contributed by atoms with van der Waals surface area (Å²) in [6.45, 7) is 4.26. The van der Waals surface area contributed by atoms with E-state index in [9.17, 15) is 9.59 Å². The number of hydrogen-bond donors (Lipinski definition) is 1. The molecule has 3 heterocycles. The molecule has 0 fully saturated rings. The highest BCUT2D eigenvalue weighted by Gasteiger charge is 2.41. The fraction of sp³-hybridized carbons (Fsp3) is 0.226. The molecule has 5 aromatic rings. The van der Waals surface area contributed by atoms with Crippen molar-refractivity contribution in [2.24, 2.45) is 0 Å². The Hall–Kier alpha value is -4.43. The molecule has 40 heavy (non-hydrogen) atoms. The molecule has 0 aliphatic carbocycles. The van der Waals surface area contributed by atoms with Crippen LogP contribution >= 0.6 is 11.6 Å². The van der Waals surface area contributed by atoms with Crippen molar-refractivity contribution in [3.8, 4) is 5.69 Å². The molecule has 9 heteroatoms. The van der Waals surface area contributed by atoms with Crippen LogP contribution in [0.15, 0.2) is 73.1 Å². The highest BCUT2D eigenvalue weighted by Crippen LogP contribution is 2.40. The number of aryl methyl sites for hydroxylation is 2. The predicted octanol–water partition coefficient (Wildman–Crippen LogP) is 5.55. The SMILES string of the molecule is COC(=O)c1c2n(c3ccc(C)cc13)C[C@@](NC(=O)c1ccc(-n3cnc(C)n3)cc1Cl)(c1ccccc1)CC2. The second-order valence-electron chi connectivity index (χ2n) is 10.2. The fourth-order valence-corrected chi connectivity index (χ4v) is 5.99. The normalized spacial score (nSPS) is 16.5. The van der Waals surface area contributed by atoms with Gasteiger partial charge in [-0.15, -0.1) is 0 Å². The molecule has 1 N–H and O–H groups in total. The number of carbonyl (C=O) groups is 2. The lowest BCUT2D eigenvalue weighted by molar-refractivity contribution is 0.0598. The van der Waals surface area contributed by atoms with Gasteiger partial charge in [-0.25, -0.2) is 14.5 Å². The van der Waals surface area contributed by atoms with Gasteiger partial charge < -0.3 is 14.6 Å². The number of rotatable bonds is 5. The van der Waals surface area contributed by atoms with Gasteiger partial charge in [0.2, 0.25) is 0 Å². The van der Waals surface area contributed by atoms with Crippen LogP contribution < -0.4 is 5.32 Å². The van der Waals surface area contributed by atoms with Crippen molar-refractivity contribution in [2.45, 2.75) is 38.8 Å². The molecule has 1 atom stereocenters. The first-order chi connectivity index (χ1) is 19.3. The van der Waals surface area contributed by atoms with Crippen LogP contribution in [-0.4, -0.2) is 38.3 Å². The largest absolute Gasteiger partial charge is 0.465 e. The summed E-state index contributed by atoms with van der Waals surface area (Å²) in [5, 5.41) is 8.84. The minimum Gasteiger partial charge on any atom is -0.465 e. The van der Waals surface area contributed by atoms with Crippen LogP contribution in [0.25, 0.3) is 16.6 Å². The molecule has 202 valence electrons. The van der Waals surface area contributed by atoms with E-state index in [1.54, 1.807) is 29.2 Å². The summed E-state index contributed by atoms with van der Waals surface area (Å²) in [5.74, 6) is 0.0108. The highest BCUT2D eigenvalue weighted by molar-refractivity contribution is 6.34. The lowest BCUT2D eigenvalue weighted by atomic mass is 9.81. The lowest BCUT2D eigenvalue weighted by Crippen LogP contribution is -2.51. The monoisotopic (exact) mass is 553 g/mol. The van der Waals surface area contributed by atoms with Crippen molar-refractivity contribution in [3.05, 3.63) is 112 Å². The summed E-state index contributed by atoms with van der Waals surface area (Å²) < 4.78 is 8.95. The number of halogens is 1. The number of ether oxygens (including phenoxy) is 1. The second-order valence-corrected chi connectivity index (χ2v) is 10.6. The van der Waals surface area contributed by atoms with E-state index in [0.29, 0.717) is 47.0 Å². The zero-order chi connectivity index (χ0) is 28.0. The van der Waals surface area contributed by atoms with E-state index >= 15 is 0 Å². The molecule has 0 unspecified atom stereocenters. The standard InChI is InChI=1S/C31H28ClN5O3/c1-19-9-12-26-24(15-19)28(30(39)40-3)27-13-14-31(17-36(26)27,21-7-5-4-6-8-21)34-29(38)23-11-10-22(16-25(23)32)37-18-33-20(2)35-37/h4-12,15-16,18H,13-14,17H2,1-3H3,(H,34,38)/t31-/m1/s1. The number of hydrogen-bond acceptors (Lipinski definition) is 5. The first-order valence-corrected chi connectivity index (χ1v) is 13.4. The van der Waals surface area contributed by atoms with E-state index in [1.165, 1.54) is 7.11 Å². The van der Waals surface area contributed by atoms with Gasteiger partial charge in [-0.3, -0.25) is 4.79 Å². The minimum absolute atomic E-state index is 0.279. The van der Waals surface area contributed by atoms with Crippen LogP contribution in [0.4, 0.5) is 0 Å². The molecule has 6 rings (SSSR count). The summed E-state index contributed by atoms with van der Waals surface area (Å²) in [6.07, 6.45) is 2.78. The third kappa shape index (κ3) is 4.34. The average Bonchev–Trinajstić information content (AvgIpc) is 3.53. The Balaban J connectivity index is 1.42. The predicted molar refractivity (Wildman–Crippen MR) is 153 cm³/mol. The van der Waals surface area contributed by atoms with E-state index in [0.717, 1.165) is 27.7 Å². The number of carbonyl (C=O) groups excluding carboxylic acids is 2. The number of amides is 1. The van der Waals surface area contributed by atoms with Crippen LogP contribution in [-0.2, 0) is 23.2 Å². The number of nitrogens with one attached hydrogen (secondary N) is 1. The smallest absolute Gasteiger partial charge is 0.340 e. The molecule has 0 saturated carbocycles. The van der Waals surface area contributed by atoms with Crippen molar-refractivity contribution in [1.82, 2.24) is 24.6 Å². The summed E-state index contributed by atoms with van der Waals surface area (Å²) >= 11 is 6.64. The Morgan fingerprint density at radius 2 is 1.85 bits per heavy atom. The molecule has 2 aromatic heterocycles. The Morgan fingerprint density at radius 1 is 1.05 bits per heavy atom. The number of methoxy groups -OCH3 is 1. The van der Waals surface area contributed by atoms with Gasteiger partial charge in [0, 0.05) is 16.6 Å². The van der Waals surface area contributed by atoms with Gasteiger partial charge in [-0.05, 0) is 62.6 Å². The number of benzene rings is 3. The average molecular weight is 554 g/mol. The number of fused-ring (bicyclic) bond motifs is 3. The molecule has 1 aliphatic heterocycles. The van der Waals surface area contributed by atoms with Crippen molar-refractivity contribution in [1.29, 1.82) is 0 Å². The van der Waals surface area contributed by atoms with E-state index in [4.69, 9.17) is 16.3 Å². The van der Waals surface area contributed by atoms with Crippen molar-refractivity contribution in [2.75, 3.05) is 7.11 Å². The molecule has 0 saturated heterocycles. The Labute approximate surface area is 236 Å². The third-order valence-corrected chi connectivity index (χ3v) is 7.99. The van der Waals surface area contributed by atoms with Gasteiger partial charge in [0.1, 0.15) is 12.2 Å². The van der Waals surface area contributed by atoms with Gasteiger partial charge >= 0.3 is 5.97 Å². The van der Waals surface area contributed by atoms with Crippen LogP contribution in [0.1, 0.15) is 49.8 Å². The van der Waals surface area contributed by atoms with Crippen LogP contribution in [0.2, 0.25) is 5.02 Å². The first kappa shape index (κ1) is 25.8. The van der Waals surface area contributed by atoms with E-state index in [2.05, 4.69) is 20.0 Å².